The summed E-state index contributed by atoms with van der Waals surface area (Å²) < 4.78 is 7.65. The summed E-state index contributed by atoms with van der Waals surface area (Å²) in [6.45, 7) is 2.05. The lowest BCUT2D eigenvalue weighted by atomic mass is 9.98. The van der Waals surface area contributed by atoms with E-state index in [0.29, 0.717) is 35.8 Å². The topological polar surface area (TPSA) is 102 Å². The van der Waals surface area contributed by atoms with E-state index in [0.717, 1.165) is 43.5 Å². The number of ketones is 1. The summed E-state index contributed by atoms with van der Waals surface area (Å²) in [5, 5.41) is 17.5. The number of ether oxygens (including phenoxy) is 1. The van der Waals surface area contributed by atoms with E-state index in [4.69, 9.17) is 9.72 Å². The zero-order valence-corrected chi connectivity index (χ0v) is 17.6. The lowest BCUT2D eigenvalue weighted by Gasteiger charge is -2.13. The predicted molar refractivity (Wildman–Crippen MR) is 116 cm³/mol. The van der Waals surface area contributed by atoms with Crippen molar-refractivity contribution in [1.82, 2.24) is 19.6 Å². The first-order valence-corrected chi connectivity index (χ1v) is 11.1. The van der Waals surface area contributed by atoms with Crippen LogP contribution in [0.25, 0.3) is 5.65 Å². The molecule has 0 spiro atoms. The molecule has 2 aliphatic carbocycles. The van der Waals surface area contributed by atoms with E-state index < -0.39 is 0 Å². The van der Waals surface area contributed by atoms with Crippen molar-refractivity contribution < 1.29 is 14.6 Å². The Bertz CT molecular complexity index is 1110. The first-order chi connectivity index (χ1) is 15.1. The molecule has 3 aromatic rings. The van der Waals surface area contributed by atoms with Crippen molar-refractivity contribution in [3.8, 4) is 5.88 Å². The Labute approximate surface area is 180 Å². The van der Waals surface area contributed by atoms with Crippen LogP contribution < -0.4 is 10.1 Å². The van der Waals surface area contributed by atoms with Gasteiger partial charge in [0, 0.05) is 24.4 Å². The van der Waals surface area contributed by atoms with Crippen molar-refractivity contribution in [3.63, 3.8) is 0 Å². The summed E-state index contributed by atoms with van der Waals surface area (Å²) in [6.07, 6.45) is 8.91. The zero-order chi connectivity index (χ0) is 21.4. The number of aliphatic hydroxyl groups excluding tert-OH is 1. The summed E-state index contributed by atoms with van der Waals surface area (Å²) in [5.41, 5.74) is 2.79. The molecule has 162 valence electrons. The molecule has 8 heteroatoms. The van der Waals surface area contributed by atoms with E-state index >= 15 is 0 Å². The molecule has 0 bridgehead atoms. The van der Waals surface area contributed by atoms with Crippen molar-refractivity contribution in [2.24, 2.45) is 5.92 Å². The monoisotopic (exact) mass is 421 g/mol. The van der Waals surface area contributed by atoms with Crippen LogP contribution in [-0.4, -0.2) is 42.7 Å². The molecule has 0 unspecified atom stereocenters. The van der Waals surface area contributed by atoms with Gasteiger partial charge in [0.25, 0.3) is 0 Å². The van der Waals surface area contributed by atoms with Crippen LogP contribution in [0.2, 0.25) is 0 Å². The molecule has 2 aliphatic rings. The minimum absolute atomic E-state index is 0.0277. The number of aromatic nitrogens is 4. The number of rotatable bonds is 8. The van der Waals surface area contributed by atoms with E-state index in [2.05, 4.69) is 15.4 Å². The molecule has 3 heterocycles. The highest BCUT2D eigenvalue weighted by molar-refractivity contribution is 6.01. The Morgan fingerprint density at radius 1 is 1.32 bits per heavy atom. The van der Waals surface area contributed by atoms with Gasteiger partial charge >= 0.3 is 0 Å². The number of pyridine rings is 1. The first kappa shape index (κ1) is 19.9. The fourth-order valence-electron chi connectivity index (χ4n) is 4.21. The van der Waals surface area contributed by atoms with Crippen LogP contribution in [0.4, 0.5) is 11.5 Å². The van der Waals surface area contributed by atoms with E-state index in [-0.39, 0.29) is 23.9 Å². The highest BCUT2D eigenvalue weighted by Gasteiger charge is 2.27. The summed E-state index contributed by atoms with van der Waals surface area (Å²) in [7, 11) is 0. The Morgan fingerprint density at radius 3 is 2.94 bits per heavy atom. The summed E-state index contributed by atoms with van der Waals surface area (Å²) >= 11 is 0. The van der Waals surface area contributed by atoms with Gasteiger partial charge in [0.05, 0.1) is 17.9 Å². The quantitative estimate of drug-likeness (QED) is 0.535. The number of aliphatic hydroxyl groups is 1. The number of hydrogen-bond acceptors (Lipinski definition) is 7. The number of carbonyl (C=O) groups is 1. The predicted octanol–water partition coefficient (Wildman–Crippen LogP) is 3.71. The molecule has 8 nitrogen and oxygen atoms in total. The average Bonchev–Trinajstić information content (AvgIpc) is 3.32. The summed E-state index contributed by atoms with van der Waals surface area (Å²) in [5.74, 6) is 1.44. The number of Topliss-reactive ketones (excluding diaryl/α,β-unsaturated/α-hetero) is 1. The Hall–Kier alpha value is -3.00. The minimum atomic E-state index is -0.283. The second-order valence-electron chi connectivity index (χ2n) is 8.54. The molecule has 2 saturated carbocycles. The molecule has 0 saturated heterocycles. The van der Waals surface area contributed by atoms with Crippen molar-refractivity contribution in [3.05, 3.63) is 41.9 Å². The van der Waals surface area contributed by atoms with Gasteiger partial charge < -0.3 is 15.2 Å². The van der Waals surface area contributed by atoms with Gasteiger partial charge in [0.2, 0.25) is 5.88 Å². The average molecular weight is 422 g/mol. The van der Waals surface area contributed by atoms with Gasteiger partial charge in [-0.05, 0) is 56.6 Å². The van der Waals surface area contributed by atoms with Gasteiger partial charge in [-0.2, -0.15) is 5.10 Å². The number of aryl methyl sites for hydroxylation is 1. The van der Waals surface area contributed by atoms with E-state index in [9.17, 15) is 9.90 Å². The molecule has 5 rings (SSSR count). The normalized spacial score (nSPS) is 20.8. The molecule has 31 heavy (non-hydrogen) atoms. The zero-order valence-electron chi connectivity index (χ0n) is 17.6. The van der Waals surface area contributed by atoms with Crippen LogP contribution in [0, 0.1) is 5.92 Å². The summed E-state index contributed by atoms with van der Waals surface area (Å²) in [4.78, 5) is 22.1. The van der Waals surface area contributed by atoms with E-state index in [1.54, 1.807) is 16.9 Å². The number of carbonyl (C=O) groups excluding carboxylic acids is 1. The van der Waals surface area contributed by atoms with Crippen molar-refractivity contribution in [2.45, 2.75) is 64.1 Å². The van der Waals surface area contributed by atoms with Crippen molar-refractivity contribution >= 4 is 22.9 Å². The lowest BCUT2D eigenvalue weighted by molar-refractivity contribution is 0.0959. The van der Waals surface area contributed by atoms with E-state index in [1.807, 2.05) is 25.1 Å². The van der Waals surface area contributed by atoms with Crippen molar-refractivity contribution in [1.29, 1.82) is 0 Å². The fraction of sp³-hybridized carbons (Fsp3) is 0.478. The van der Waals surface area contributed by atoms with Gasteiger partial charge in [-0.25, -0.2) is 14.5 Å². The largest absolute Gasteiger partial charge is 0.473 e. The highest BCUT2D eigenvalue weighted by atomic mass is 16.5. The standard InChI is InChI=1S/C23H27N5O3/c1-2-15-12-21(26-19-4-3-9-24-23(19)31-17-7-8-17)27-22-18(13-25-28(15)22)20(30)11-14-5-6-16(29)10-14/h3-4,9,12-14,16-17,29H,2,5-8,10-11H2,1H3,(H,26,27)/t14-,16-/m0/s1. The Morgan fingerprint density at radius 2 is 2.19 bits per heavy atom. The molecule has 0 radical (unpaired) electrons. The third kappa shape index (κ3) is 4.25. The van der Waals surface area contributed by atoms with E-state index in [1.165, 1.54) is 0 Å². The maximum atomic E-state index is 13.0. The molecular weight excluding hydrogens is 394 g/mol. The molecule has 3 aromatic heterocycles. The summed E-state index contributed by atoms with van der Waals surface area (Å²) in [6, 6.07) is 5.71. The van der Waals surface area contributed by atoms with Gasteiger partial charge in [-0.15, -0.1) is 0 Å². The van der Waals surface area contributed by atoms with Crippen LogP contribution >= 0.6 is 0 Å². The van der Waals surface area contributed by atoms with Crippen molar-refractivity contribution in [2.75, 3.05) is 5.32 Å². The fourth-order valence-corrected chi connectivity index (χ4v) is 4.21. The molecule has 2 fully saturated rings. The van der Waals surface area contributed by atoms with Crippen LogP contribution in [0.3, 0.4) is 0 Å². The van der Waals surface area contributed by atoms with Gasteiger partial charge in [-0.1, -0.05) is 6.92 Å². The van der Waals surface area contributed by atoms with Crippen LogP contribution in [0.5, 0.6) is 5.88 Å². The SMILES string of the molecule is CCc1cc(Nc2cccnc2OC2CC2)nc2c(C(=O)C[C@H]3CC[C@H](O)C3)cnn12. The third-order valence-electron chi connectivity index (χ3n) is 6.03. The second kappa shape index (κ2) is 8.26. The number of anilines is 2. The number of fused-ring (bicyclic) bond motifs is 1. The third-order valence-corrected chi connectivity index (χ3v) is 6.03. The number of hydrogen-bond donors (Lipinski definition) is 2. The first-order valence-electron chi connectivity index (χ1n) is 11.1. The molecule has 2 N–H and O–H groups in total. The molecule has 0 aliphatic heterocycles. The van der Waals surface area contributed by atoms with Crippen LogP contribution in [0.1, 0.15) is 61.5 Å². The van der Waals surface area contributed by atoms with Gasteiger partial charge in [0.1, 0.15) is 17.6 Å². The van der Waals surface area contributed by atoms with Crippen LogP contribution in [-0.2, 0) is 6.42 Å². The maximum Gasteiger partial charge on any atom is 0.238 e. The number of nitrogens with zero attached hydrogens (tertiary/aromatic N) is 4. The Balaban J connectivity index is 1.44. The molecule has 0 aromatic carbocycles. The highest BCUT2D eigenvalue weighted by Crippen LogP contribution is 2.32. The van der Waals surface area contributed by atoms with Gasteiger partial charge in [-0.3, -0.25) is 4.79 Å². The second-order valence-corrected chi connectivity index (χ2v) is 8.54. The minimum Gasteiger partial charge on any atom is -0.473 e. The smallest absolute Gasteiger partial charge is 0.238 e. The molecule has 0 amide bonds. The van der Waals surface area contributed by atoms with Crippen LogP contribution in [0.15, 0.2) is 30.6 Å². The van der Waals surface area contributed by atoms with Gasteiger partial charge in [0.15, 0.2) is 11.4 Å². The molecular formula is C23H27N5O3. The Kier molecular flexibility index (Phi) is 5.31. The molecule has 2 atom stereocenters. The number of nitrogens with one attached hydrogen (secondary N) is 1. The maximum absolute atomic E-state index is 13.0. The lowest BCUT2D eigenvalue weighted by Crippen LogP contribution is -2.09.